The summed E-state index contributed by atoms with van der Waals surface area (Å²) in [5, 5.41) is 4.11. The van der Waals surface area contributed by atoms with Crippen LogP contribution in [0.25, 0.3) is 0 Å². The SMILES string of the molecule is CC1CN(C(=O)c2cccc(N)c2)CC(c2ccsc2)O1. The Labute approximate surface area is 128 Å². The number of carbonyl (C=O) groups is 1. The fourth-order valence-corrected chi connectivity index (χ4v) is 3.32. The molecular formula is C16H18N2O2S. The Hall–Kier alpha value is -1.85. The van der Waals surface area contributed by atoms with Crippen LogP contribution in [-0.4, -0.2) is 30.0 Å². The zero-order chi connectivity index (χ0) is 14.8. The number of ether oxygens (including phenoxy) is 1. The zero-order valence-corrected chi connectivity index (χ0v) is 12.7. The minimum absolute atomic E-state index is 0.0117. The number of amides is 1. The number of nitrogens with zero attached hydrogens (tertiary/aromatic N) is 1. The Morgan fingerprint density at radius 3 is 2.95 bits per heavy atom. The molecule has 2 atom stereocenters. The van der Waals surface area contributed by atoms with Crippen molar-refractivity contribution in [1.29, 1.82) is 0 Å². The van der Waals surface area contributed by atoms with Crippen LogP contribution in [0.15, 0.2) is 41.1 Å². The van der Waals surface area contributed by atoms with Crippen LogP contribution in [0.1, 0.15) is 28.9 Å². The predicted molar refractivity (Wildman–Crippen MR) is 84.4 cm³/mol. The van der Waals surface area contributed by atoms with E-state index in [-0.39, 0.29) is 18.1 Å². The largest absolute Gasteiger partial charge is 0.399 e. The highest BCUT2D eigenvalue weighted by Gasteiger charge is 2.30. The van der Waals surface area contributed by atoms with Gasteiger partial charge in [0.1, 0.15) is 6.10 Å². The van der Waals surface area contributed by atoms with Gasteiger partial charge in [-0.05, 0) is 47.5 Å². The van der Waals surface area contributed by atoms with Crippen molar-refractivity contribution < 1.29 is 9.53 Å². The second kappa shape index (κ2) is 5.87. The average Bonchev–Trinajstić information content (AvgIpc) is 3.00. The number of anilines is 1. The first kappa shape index (κ1) is 14.1. The van der Waals surface area contributed by atoms with Gasteiger partial charge in [-0.2, -0.15) is 11.3 Å². The van der Waals surface area contributed by atoms with E-state index in [0.717, 1.165) is 5.56 Å². The van der Waals surface area contributed by atoms with Gasteiger partial charge in [0, 0.05) is 17.8 Å². The minimum atomic E-state index is -0.0509. The van der Waals surface area contributed by atoms with Crippen molar-refractivity contribution in [2.45, 2.75) is 19.1 Å². The van der Waals surface area contributed by atoms with Crippen LogP contribution < -0.4 is 5.73 Å². The number of thiophene rings is 1. The van der Waals surface area contributed by atoms with Crippen molar-refractivity contribution in [3.63, 3.8) is 0 Å². The van der Waals surface area contributed by atoms with Crippen LogP contribution in [0.2, 0.25) is 0 Å². The van der Waals surface area contributed by atoms with Crippen LogP contribution in [0, 0.1) is 0 Å². The lowest BCUT2D eigenvalue weighted by atomic mass is 10.1. The van der Waals surface area contributed by atoms with Gasteiger partial charge < -0.3 is 15.4 Å². The Kier molecular flexibility index (Phi) is 3.94. The predicted octanol–water partition coefficient (Wildman–Crippen LogP) is 2.93. The Morgan fingerprint density at radius 2 is 2.24 bits per heavy atom. The van der Waals surface area contributed by atoms with E-state index in [9.17, 15) is 4.79 Å². The fraction of sp³-hybridized carbons (Fsp3) is 0.312. The number of hydrogen-bond donors (Lipinski definition) is 1. The lowest BCUT2D eigenvalue weighted by Gasteiger charge is -2.36. The first-order valence-electron chi connectivity index (χ1n) is 6.96. The highest BCUT2D eigenvalue weighted by atomic mass is 32.1. The normalized spacial score (nSPS) is 22.2. The molecule has 1 aliphatic rings. The van der Waals surface area contributed by atoms with Crippen molar-refractivity contribution in [3.8, 4) is 0 Å². The summed E-state index contributed by atoms with van der Waals surface area (Å²) in [6, 6.07) is 9.17. The van der Waals surface area contributed by atoms with Crippen LogP contribution in [0.3, 0.4) is 0 Å². The van der Waals surface area contributed by atoms with Gasteiger partial charge in [-0.15, -0.1) is 0 Å². The molecule has 2 heterocycles. The molecule has 0 spiro atoms. The Bertz CT molecular complexity index is 627. The molecule has 1 amide bonds. The van der Waals surface area contributed by atoms with Crippen molar-refractivity contribution in [2.24, 2.45) is 0 Å². The molecular weight excluding hydrogens is 284 g/mol. The topological polar surface area (TPSA) is 55.6 Å². The van der Waals surface area contributed by atoms with E-state index in [4.69, 9.17) is 10.5 Å². The molecule has 2 aromatic rings. The van der Waals surface area contributed by atoms with Crippen LogP contribution >= 0.6 is 11.3 Å². The molecule has 1 aromatic carbocycles. The minimum Gasteiger partial charge on any atom is -0.399 e. The van der Waals surface area contributed by atoms with Gasteiger partial charge in [0.2, 0.25) is 0 Å². The Morgan fingerprint density at radius 1 is 1.38 bits per heavy atom. The van der Waals surface area contributed by atoms with Crippen LogP contribution in [0.4, 0.5) is 5.69 Å². The summed E-state index contributed by atoms with van der Waals surface area (Å²) in [5.74, 6) is 0.0117. The number of nitrogen functional groups attached to an aromatic ring is 1. The lowest BCUT2D eigenvalue weighted by Crippen LogP contribution is -2.45. The maximum absolute atomic E-state index is 12.6. The van der Waals surface area contributed by atoms with E-state index >= 15 is 0 Å². The van der Waals surface area contributed by atoms with E-state index in [2.05, 4.69) is 11.4 Å². The summed E-state index contributed by atoms with van der Waals surface area (Å²) in [5.41, 5.74) is 8.14. The highest BCUT2D eigenvalue weighted by Crippen LogP contribution is 2.27. The molecule has 1 aromatic heterocycles. The molecule has 1 aliphatic heterocycles. The molecule has 4 nitrogen and oxygen atoms in total. The number of hydrogen-bond acceptors (Lipinski definition) is 4. The number of nitrogens with two attached hydrogens (primary N) is 1. The molecule has 110 valence electrons. The average molecular weight is 302 g/mol. The molecule has 21 heavy (non-hydrogen) atoms. The van der Waals surface area contributed by atoms with E-state index < -0.39 is 0 Å². The molecule has 1 fully saturated rings. The van der Waals surface area contributed by atoms with Gasteiger partial charge in [0.05, 0.1) is 12.6 Å². The third kappa shape index (κ3) is 3.09. The fourth-order valence-electron chi connectivity index (χ4n) is 2.61. The van der Waals surface area contributed by atoms with Crippen molar-refractivity contribution >= 4 is 22.9 Å². The smallest absolute Gasteiger partial charge is 0.254 e. The molecule has 0 aliphatic carbocycles. The first-order chi connectivity index (χ1) is 10.1. The van der Waals surface area contributed by atoms with Crippen molar-refractivity contribution in [2.75, 3.05) is 18.8 Å². The van der Waals surface area contributed by atoms with E-state index in [1.165, 1.54) is 0 Å². The summed E-state index contributed by atoms with van der Waals surface area (Å²) in [7, 11) is 0. The van der Waals surface area contributed by atoms with E-state index in [0.29, 0.717) is 24.3 Å². The number of carbonyl (C=O) groups excluding carboxylic acids is 1. The summed E-state index contributed by atoms with van der Waals surface area (Å²) in [6.07, 6.45) is -0.0290. The molecule has 0 saturated carbocycles. The van der Waals surface area contributed by atoms with Gasteiger partial charge in [0.15, 0.2) is 0 Å². The van der Waals surface area contributed by atoms with Gasteiger partial charge in [-0.1, -0.05) is 6.07 Å². The zero-order valence-electron chi connectivity index (χ0n) is 11.9. The molecule has 1 saturated heterocycles. The maximum atomic E-state index is 12.6. The van der Waals surface area contributed by atoms with Crippen LogP contribution in [-0.2, 0) is 4.74 Å². The summed E-state index contributed by atoms with van der Waals surface area (Å²) >= 11 is 1.64. The van der Waals surface area contributed by atoms with Gasteiger partial charge in [-0.25, -0.2) is 0 Å². The second-order valence-electron chi connectivity index (χ2n) is 5.33. The quantitative estimate of drug-likeness (QED) is 0.868. The van der Waals surface area contributed by atoms with E-state index in [1.54, 1.807) is 29.5 Å². The molecule has 2 N–H and O–H groups in total. The summed E-state index contributed by atoms with van der Waals surface area (Å²) in [4.78, 5) is 14.5. The third-order valence-electron chi connectivity index (χ3n) is 3.60. The maximum Gasteiger partial charge on any atom is 0.254 e. The number of rotatable bonds is 2. The second-order valence-corrected chi connectivity index (χ2v) is 6.11. The summed E-state index contributed by atoms with van der Waals surface area (Å²) in [6.45, 7) is 3.18. The lowest BCUT2D eigenvalue weighted by molar-refractivity contribution is -0.0690. The van der Waals surface area contributed by atoms with Gasteiger partial charge in [0.25, 0.3) is 5.91 Å². The first-order valence-corrected chi connectivity index (χ1v) is 7.90. The summed E-state index contributed by atoms with van der Waals surface area (Å²) < 4.78 is 5.96. The van der Waals surface area contributed by atoms with Crippen LogP contribution in [0.5, 0.6) is 0 Å². The molecule has 0 radical (unpaired) electrons. The molecule has 5 heteroatoms. The molecule has 2 unspecified atom stereocenters. The van der Waals surface area contributed by atoms with Crippen molar-refractivity contribution in [1.82, 2.24) is 4.90 Å². The van der Waals surface area contributed by atoms with Gasteiger partial charge >= 0.3 is 0 Å². The van der Waals surface area contributed by atoms with Crippen molar-refractivity contribution in [3.05, 3.63) is 52.2 Å². The Balaban J connectivity index is 1.79. The molecule has 3 rings (SSSR count). The standard InChI is InChI=1S/C16H18N2O2S/c1-11-8-18(9-15(20-11)13-5-6-21-10-13)16(19)12-3-2-4-14(17)7-12/h2-7,10-11,15H,8-9,17H2,1H3. The third-order valence-corrected chi connectivity index (χ3v) is 4.30. The van der Waals surface area contributed by atoms with Gasteiger partial charge in [-0.3, -0.25) is 4.79 Å². The monoisotopic (exact) mass is 302 g/mol. The highest BCUT2D eigenvalue weighted by molar-refractivity contribution is 7.07. The molecule has 0 bridgehead atoms. The number of benzene rings is 1. The number of morpholine rings is 1. The van der Waals surface area contributed by atoms with E-state index in [1.807, 2.05) is 23.3 Å².